The summed E-state index contributed by atoms with van der Waals surface area (Å²) in [6, 6.07) is 16.9. The first-order valence-corrected chi connectivity index (χ1v) is 13.8. The Balaban J connectivity index is 1.23. The largest absolute Gasteiger partial charge is 0.361 e. The zero-order valence-electron chi connectivity index (χ0n) is 21.1. The van der Waals surface area contributed by atoms with E-state index in [1.54, 1.807) is 27.3 Å². The molecule has 1 aliphatic rings. The van der Waals surface area contributed by atoms with E-state index < -0.39 is 6.04 Å². The van der Waals surface area contributed by atoms with E-state index in [0.29, 0.717) is 38.9 Å². The number of benzene rings is 1. The molecular formula is C29H31N5O3S. The number of carbonyl (C=O) groups is 3. The maximum Gasteiger partial charge on any atom is 0.246 e. The maximum absolute atomic E-state index is 13.5. The highest BCUT2D eigenvalue weighted by Gasteiger charge is 2.40. The molecule has 1 unspecified atom stereocenters. The van der Waals surface area contributed by atoms with Crippen LogP contribution in [0.2, 0.25) is 0 Å². The molecule has 1 saturated heterocycles. The lowest BCUT2D eigenvalue weighted by molar-refractivity contribution is -0.157. The van der Waals surface area contributed by atoms with Crippen molar-refractivity contribution in [1.29, 1.82) is 0 Å². The van der Waals surface area contributed by atoms with Crippen molar-refractivity contribution in [2.45, 2.75) is 31.7 Å². The topological polar surface area (TPSA) is 98.4 Å². The highest BCUT2D eigenvalue weighted by molar-refractivity contribution is 7.09. The fraction of sp³-hybridized carbons (Fsp3) is 0.310. The van der Waals surface area contributed by atoms with Crippen LogP contribution in [-0.2, 0) is 33.6 Å². The molecule has 1 aromatic carbocycles. The number of carbonyl (C=O) groups excluding carboxylic acids is 3. The number of hydrogen-bond acceptors (Lipinski definition) is 5. The fourth-order valence-electron chi connectivity index (χ4n) is 4.92. The van der Waals surface area contributed by atoms with Crippen LogP contribution in [-0.4, -0.2) is 69.7 Å². The number of amides is 3. The lowest BCUT2D eigenvalue weighted by atomic mass is 10.0. The number of nitrogens with zero attached hydrogens (tertiary/aromatic N) is 3. The zero-order chi connectivity index (χ0) is 26.3. The summed E-state index contributed by atoms with van der Waals surface area (Å²) < 4.78 is 0. The number of pyridine rings is 1. The molecule has 4 heterocycles. The molecule has 3 amide bonds. The Morgan fingerprint density at radius 2 is 1.89 bits per heavy atom. The Hall–Kier alpha value is -3.98. The van der Waals surface area contributed by atoms with Crippen LogP contribution >= 0.6 is 11.3 Å². The first-order chi connectivity index (χ1) is 18.6. The molecule has 0 aliphatic carbocycles. The van der Waals surface area contributed by atoms with Crippen molar-refractivity contribution in [3.8, 4) is 0 Å². The Labute approximate surface area is 225 Å². The van der Waals surface area contributed by atoms with Crippen molar-refractivity contribution in [2.75, 3.05) is 26.2 Å². The van der Waals surface area contributed by atoms with Crippen molar-refractivity contribution in [1.82, 2.24) is 25.1 Å². The maximum atomic E-state index is 13.5. The minimum Gasteiger partial charge on any atom is -0.361 e. The van der Waals surface area contributed by atoms with Gasteiger partial charge in [0, 0.05) is 59.9 Å². The van der Waals surface area contributed by atoms with Crippen LogP contribution in [0.3, 0.4) is 0 Å². The summed E-state index contributed by atoms with van der Waals surface area (Å²) in [6.45, 7) is 1.27. The SMILES string of the molecule is O=C(CC1C(=O)N(CCc2ccccn2)CC(=O)N1CCc1cccs1)NCCc1c[nH]c2ccccc12. The van der Waals surface area contributed by atoms with Crippen LogP contribution in [0.4, 0.5) is 0 Å². The minimum atomic E-state index is -0.812. The lowest BCUT2D eigenvalue weighted by Gasteiger charge is -2.40. The predicted octanol–water partition coefficient (Wildman–Crippen LogP) is 3.20. The van der Waals surface area contributed by atoms with Gasteiger partial charge in [-0.05, 0) is 48.1 Å². The van der Waals surface area contributed by atoms with Crippen LogP contribution in [0.5, 0.6) is 0 Å². The number of nitrogens with one attached hydrogen (secondary N) is 2. The van der Waals surface area contributed by atoms with Crippen molar-refractivity contribution >= 4 is 40.0 Å². The number of para-hydroxylation sites is 1. The Morgan fingerprint density at radius 3 is 2.71 bits per heavy atom. The van der Waals surface area contributed by atoms with Gasteiger partial charge >= 0.3 is 0 Å². The summed E-state index contributed by atoms with van der Waals surface area (Å²) in [5, 5.41) is 6.10. The van der Waals surface area contributed by atoms with Gasteiger partial charge in [0.05, 0.1) is 13.0 Å². The number of fused-ring (bicyclic) bond motifs is 1. The Kier molecular flexibility index (Phi) is 8.13. The summed E-state index contributed by atoms with van der Waals surface area (Å²) in [4.78, 5) is 51.6. The predicted molar refractivity (Wildman–Crippen MR) is 148 cm³/mol. The first-order valence-electron chi connectivity index (χ1n) is 12.9. The van der Waals surface area contributed by atoms with E-state index in [4.69, 9.17) is 0 Å². The van der Waals surface area contributed by atoms with Gasteiger partial charge in [-0.2, -0.15) is 0 Å². The molecule has 8 nitrogen and oxygen atoms in total. The molecule has 2 N–H and O–H groups in total. The molecule has 9 heteroatoms. The Morgan fingerprint density at radius 1 is 1.03 bits per heavy atom. The molecule has 38 heavy (non-hydrogen) atoms. The minimum absolute atomic E-state index is 0.0226. The second kappa shape index (κ2) is 12.0. The molecule has 4 aromatic rings. The van der Waals surface area contributed by atoms with Gasteiger partial charge in [-0.15, -0.1) is 11.3 Å². The van der Waals surface area contributed by atoms with Gasteiger partial charge < -0.3 is 20.1 Å². The van der Waals surface area contributed by atoms with Crippen LogP contribution in [0.1, 0.15) is 22.6 Å². The van der Waals surface area contributed by atoms with Gasteiger partial charge in [0.25, 0.3) is 0 Å². The second-order valence-corrected chi connectivity index (χ2v) is 10.5. The highest BCUT2D eigenvalue weighted by atomic mass is 32.1. The van der Waals surface area contributed by atoms with E-state index in [-0.39, 0.29) is 30.7 Å². The van der Waals surface area contributed by atoms with Crippen molar-refractivity contribution in [3.63, 3.8) is 0 Å². The van der Waals surface area contributed by atoms with E-state index in [2.05, 4.69) is 21.4 Å². The normalized spacial score (nSPS) is 15.8. The molecule has 1 fully saturated rings. The highest BCUT2D eigenvalue weighted by Crippen LogP contribution is 2.20. The van der Waals surface area contributed by atoms with Gasteiger partial charge in [-0.25, -0.2) is 0 Å². The number of aromatic nitrogens is 2. The average Bonchev–Trinajstić information content (AvgIpc) is 3.60. The van der Waals surface area contributed by atoms with Crippen molar-refractivity contribution < 1.29 is 14.4 Å². The van der Waals surface area contributed by atoms with E-state index in [0.717, 1.165) is 27.0 Å². The number of hydrogen-bond donors (Lipinski definition) is 2. The summed E-state index contributed by atoms with van der Waals surface area (Å²) in [7, 11) is 0. The van der Waals surface area contributed by atoms with Crippen LogP contribution in [0.25, 0.3) is 10.9 Å². The van der Waals surface area contributed by atoms with Crippen LogP contribution in [0, 0.1) is 0 Å². The molecule has 3 aromatic heterocycles. The van der Waals surface area contributed by atoms with Gasteiger partial charge in [-0.1, -0.05) is 30.3 Å². The molecule has 1 aliphatic heterocycles. The van der Waals surface area contributed by atoms with E-state index in [1.165, 1.54) is 0 Å². The van der Waals surface area contributed by atoms with Gasteiger partial charge in [0.2, 0.25) is 17.7 Å². The third kappa shape index (κ3) is 6.11. The van der Waals surface area contributed by atoms with Crippen LogP contribution in [0.15, 0.2) is 72.4 Å². The quantitative estimate of drug-likeness (QED) is 0.312. The zero-order valence-corrected chi connectivity index (χ0v) is 22.0. The third-order valence-corrected chi connectivity index (χ3v) is 7.87. The van der Waals surface area contributed by atoms with Crippen LogP contribution < -0.4 is 5.32 Å². The number of piperazine rings is 1. The standard InChI is InChI=1S/C29H31N5O3S/c35-27(31-14-10-21-19-32-25-9-2-1-8-24(21)25)18-26-29(37)33(15-11-22-6-3-4-13-30-22)20-28(36)34(26)16-12-23-7-5-17-38-23/h1-9,13,17,19,26,32H,10-12,14-16,18,20H2,(H,31,35). The van der Waals surface area contributed by atoms with E-state index in [1.807, 2.05) is 60.1 Å². The van der Waals surface area contributed by atoms with E-state index >= 15 is 0 Å². The number of aromatic amines is 1. The van der Waals surface area contributed by atoms with Gasteiger partial charge in [0.15, 0.2) is 0 Å². The molecule has 0 spiro atoms. The third-order valence-electron chi connectivity index (χ3n) is 6.93. The summed E-state index contributed by atoms with van der Waals surface area (Å²) in [5.41, 5.74) is 3.05. The molecule has 1 atom stereocenters. The summed E-state index contributed by atoms with van der Waals surface area (Å²) >= 11 is 1.62. The number of rotatable bonds is 11. The molecule has 196 valence electrons. The second-order valence-electron chi connectivity index (χ2n) is 9.43. The van der Waals surface area contributed by atoms with Gasteiger partial charge in [0.1, 0.15) is 6.04 Å². The lowest BCUT2D eigenvalue weighted by Crippen LogP contribution is -2.61. The Bertz CT molecular complexity index is 1390. The number of H-pyrrole nitrogens is 1. The van der Waals surface area contributed by atoms with Gasteiger partial charge in [-0.3, -0.25) is 19.4 Å². The molecule has 0 saturated carbocycles. The average molecular weight is 530 g/mol. The molecular weight excluding hydrogens is 498 g/mol. The monoisotopic (exact) mass is 529 g/mol. The van der Waals surface area contributed by atoms with E-state index in [9.17, 15) is 14.4 Å². The number of thiophene rings is 1. The first kappa shape index (κ1) is 25.7. The smallest absolute Gasteiger partial charge is 0.246 e. The molecule has 5 rings (SSSR count). The fourth-order valence-corrected chi connectivity index (χ4v) is 5.62. The van der Waals surface area contributed by atoms with Crippen molar-refractivity contribution in [2.24, 2.45) is 0 Å². The van der Waals surface area contributed by atoms with Crippen molar-refractivity contribution in [3.05, 3.63) is 88.5 Å². The summed E-state index contributed by atoms with van der Waals surface area (Å²) in [6.07, 6.45) is 5.51. The summed E-state index contributed by atoms with van der Waals surface area (Å²) in [5.74, 6) is -0.541. The molecule has 0 bridgehead atoms. The molecule has 0 radical (unpaired) electrons.